The maximum absolute atomic E-state index is 13.3. The Kier molecular flexibility index (Phi) is 5.40. The molecule has 0 atom stereocenters. The molecule has 5 heteroatoms. The Balaban J connectivity index is 1.88. The molecule has 1 aliphatic carbocycles. The lowest BCUT2D eigenvalue weighted by atomic mass is 9.89. The van der Waals surface area contributed by atoms with Crippen LogP contribution in [0.15, 0.2) is 18.2 Å². The second-order valence-electron chi connectivity index (χ2n) is 5.18. The van der Waals surface area contributed by atoms with Crippen molar-refractivity contribution in [3.05, 3.63) is 29.6 Å². The van der Waals surface area contributed by atoms with Gasteiger partial charge >= 0.3 is 0 Å². The fraction of sp³-hybridized carbons (Fsp3) is 0.533. The van der Waals surface area contributed by atoms with Crippen molar-refractivity contribution in [1.29, 1.82) is 0 Å². The van der Waals surface area contributed by atoms with Crippen molar-refractivity contribution in [3.8, 4) is 5.75 Å². The van der Waals surface area contributed by atoms with Crippen LogP contribution in [0.3, 0.4) is 0 Å². The number of methoxy groups -OCH3 is 1. The van der Waals surface area contributed by atoms with Crippen molar-refractivity contribution in [1.82, 2.24) is 5.32 Å². The number of hydrogen-bond donors (Lipinski definition) is 1. The second kappa shape index (κ2) is 7.07. The van der Waals surface area contributed by atoms with E-state index in [0.29, 0.717) is 22.9 Å². The van der Waals surface area contributed by atoms with Gasteiger partial charge in [-0.25, -0.2) is 4.39 Å². The minimum atomic E-state index is -0.459. The predicted octanol–water partition coefficient (Wildman–Crippen LogP) is 3.52. The standard InChI is InChI=1S/C15H19BrFNO2/c1-20-14-8-11(4-7-13(14)17)15(19)18-9-10-2-5-12(16)6-3-10/h4,7-8,10,12H,2-3,5-6,9H2,1H3,(H,18,19). The van der Waals surface area contributed by atoms with Gasteiger partial charge in [0.2, 0.25) is 0 Å². The number of hydrogen-bond acceptors (Lipinski definition) is 2. The highest BCUT2D eigenvalue weighted by atomic mass is 79.9. The van der Waals surface area contributed by atoms with Gasteiger partial charge in [0.05, 0.1) is 7.11 Å². The molecule has 1 N–H and O–H groups in total. The lowest BCUT2D eigenvalue weighted by Crippen LogP contribution is -2.31. The minimum absolute atomic E-state index is 0.0949. The van der Waals surface area contributed by atoms with Crippen LogP contribution < -0.4 is 10.1 Å². The predicted molar refractivity (Wildman–Crippen MR) is 80.0 cm³/mol. The molecule has 1 amide bonds. The zero-order chi connectivity index (χ0) is 14.5. The molecule has 20 heavy (non-hydrogen) atoms. The molecule has 0 heterocycles. The normalized spacial score (nSPS) is 22.4. The zero-order valence-electron chi connectivity index (χ0n) is 11.5. The third kappa shape index (κ3) is 3.95. The zero-order valence-corrected chi connectivity index (χ0v) is 13.1. The molecular formula is C15H19BrFNO2. The number of alkyl halides is 1. The van der Waals surface area contributed by atoms with Crippen LogP contribution in [-0.2, 0) is 0 Å². The number of ether oxygens (including phenoxy) is 1. The second-order valence-corrected chi connectivity index (χ2v) is 6.47. The molecule has 0 spiro atoms. The highest BCUT2D eigenvalue weighted by Crippen LogP contribution is 2.28. The molecule has 0 saturated heterocycles. The van der Waals surface area contributed by atoms with Gasteiger partial charge < -0.3 is 10.1 Å². The smallest absolute Gasteiger partial charge is 0.251 e. The third-order valence-electron chi connectivity index (χ3n) is 3.74. The lowest BCUT2D eigenvalue weighted by Gasteiger charge is -2.25. The molecule has 1 aliphatic rings. The summed E-state index contributed by atoms with van der Waals surface area (Å²) in [5.41, 5.74) is 0.428. The highest BCUT2D eigenvalue weighted by Gasteiger charge is 2.20. The van der Waals surface area contributed by atoms with E-state index in [1.165, 1.54) is 25.3 Å². The van der Waals surface area contributed by atoms with Crippen LogP contribution in [0.5, 0.6) is 5.75 Å². The van der Waals surface area contributed by atoms with E-state index < -0.39 is 5.82 Å². The minimum Gasteiger partial charge on any atom is -0.494 e. The Bertz CT molecular complexity index is 473. The van der Waals surface area contributed by atoms with Crippen molar-refractivity contribution in [2.24, 2.45) is 5.92 Å². The first-order valence-electron chi connectivity index (χ1n) is 6.86. The average Bonchev–Trinajstić information content (AvgIpc) is 2.47. The molecule has 1 aromatic rings. The van der Waals surface area contributed by atoms with Gasteiger partial charge in [0.1, 0.15) is 0 Å². The monoisotopic (exact) mass is 343 g/mol. The van der Waals surface area contributed by atoms with Crippen LogP contribution in [0.4, 0.5) is 4.39 Å². The van der Waals surface area contributed by atoms with E-state index in [4.69, 9.17) is 4.74 Å². The molecule has 0 bridgehead atoms. The molecular weight excluding hydrogens is 325 g/mol. The van der Waals surface area contributed by atoms with Crippen molar-refractivity contribution >= 4 is 21.8 Å². The van der Waals surface area contributed by atoms with Crippen LogP contribution in [0.25, 0.3) is 0 Å². The first-order valence-corrected chi connectivity index (χ1v) is 7.77. The Morgan fingerprint density at radius 1 is 1.40 bits per heavy atom. The molecule has 2 rings (SSSR count). The number of amides is 1. The van der Waals surface area contributed by atoms with E-state index in [0.717, 1.165) is 25.7 Å². The summed E-state index contributed by atoms with van der Waals surface area (Å²) >= 11 is 3.62. The average molecular weight is 344 g/mol. The number of halogens is 2. The van der Waals surface area contributed by atoms with Crippen LogP contribution >= 0.6 is 15.9 Å². The van der Waals surface area contributed by atoms with Gasteiger partial charge in [-0.3, -0.25) is 4.79 Å². The molecule has 110 valence electrons. The van der Waals surface area contributed by atoms with Gasteiger partial charge in [0.15, 0.2) is 11.6 Å². The molecule has 0 aromatic heterocycles. The highest BCUT2D eigenvalue weighted by molar-refractivity contribution is 9.09. The van der Waals surface area contributed by atoms with Crippen molar-refractivity contribution in [2.45, 2.75) is 30.5 Å². The van der Waals surface area contributed by atoms with Crippen molar-refractivity contribution in [3.63, 3.8) is 0 Å². The number of carbonyl (C=O) groups excluding carboxylic acids is 1. The maximum Gasteiger partial charge on any atom is 0.251 e. The first-order chi connectivity index (χ1) is 9.60. The Morgan fingerprint density at radius 3 is 2.75 bits per heavy atom. The van der Waals surface area contributed by atoms with Gasteiger partial charge in [-0.1, -0.05) is 15.9 Å². The summed E-state index contributed by atoms with van der Waals surface area (Å²) in [7, 11) is 1.39. The number of nitrogens with one attached hydrogen (secondary N) is 1. The van der Waals surface area contributed by atoms with Crippen LogP contribution in [0.2, 0.25) is 0 Å². The van der Waals surface area contributed by atoms with E-state index in [2.05, 4.69) is 21.2 Å². The van der Waals surface area contributed by atoms with Gasteiger partial charge in [0, 0.05) is 16.9 Å². The van der Waals surface area contributed by atoms with E-state index in [1.54, 1.807) is 0 Å². The number of rotatable bonds is 4. The molecule has 1 fully saturated rings. The lowest BCUT2D eigenvalue weighted by molar-refractivity contribution is 0.0943. The summed E-state index contributed by atoms with van der Waals surface area (Å²) in [5.74, 6) is -0.00324. The van der Waals surface area contributed by atoms with Gasteiger partial charge in [0.25, 0.3) is 5.91 Å². The van der Waals surface area contributed by atoms with Crippen LogP contribution in [-0.4, -0.2) is 24.4 Å². The van der Waals surface area contributed by atoms with Gasteiger partial charge in [-0.05, 0) is 49.8 Å². The summed E-state index contributed by atoms with van der Waals surface area (Å²) in [6, 6.07) is 4.16. The molecule has 0 unspecified atom stereocenters. The van der Waals surface area contributed by atoms with E-state index in [9.17, 15) is 9.18 Å². The van der Waals surface area contributed by atoms with Crippen LogP contribution in [0, 0.1) is 11.7 Å². The molecule has 0 radical (unpaired) electrons. The van der Waals surface area contributed by atoms with E-state index in [-0.39, 0.29) is 11.7 Å². The van der Waals surface area contributed by atoms with Gasteiger partial charge in [-0.2, -0.15) is 0 Å². The third-order valence-corrected chi connectivity index (χ3v) is 4.66. The van der Waals surface area contributed by atoms with Gasteiger partial charge in [-0.15, -0.1) is 0 Å². The summed E-state index contributed by atoms with van der Waals surface area (Å²) in [6.45, 7) is 0.679. The molecule has 3 nitrogen and oxygen atoms in total. The Hall–Kier alpha value is -1.10. The fourth-order valence-corrected chi connectivity index (χ4v) is 2.99. The summed E-state index contributed by atoms with van der Waals surface area (Å²) in [5, 5.41) is 2.92. The van der Waals surface area contributed by atoms with E-state index in [1.807, 2.05) is 0 Å². The summed E-state index contributed by atoms with van der Waals surface area (Å²) in [4.78, 5) is 12.7. The fourth-order valence-electron chi connectivity index (χ4n) is 2.47. The number of benzene rings is 1. The maximum atomic E-state index is 13.3. The Morgan fingerprint density at radius 2 is 2.10 bits per heavy atom. The molecule has 1 saturated carbocycles. The van der Waals surface area contributed by atoms with E-state index >= 15 is 0 Å². The van der Waals surface area contributed by atoms with Crippen LogP contribution in [0.1, 0.15) is 36.0 Å². The first kappa shape index (κ1) is 15.3. The summed E-state index contributed by atoms with van der Waals surface area (Å²) < 4.78 is 18.2. The number of carbonyl (C=O) groups is 1. The van der Waals surface area contributed by atoms with Crippen molar-refractivity contribution < 1.29 is 13.9 Å². The Labute approximate surface area is 127 Å². The quantitative estimate of drug-likeness (QED) is 0.849. The molecule has 1 aromatic carbocycles. The molecule has 0 aliphatic heterocycles. The SMILES string of the molecule is COc1cc(C(=O)NCC2CCC(Br)CC2)ccc1F. The largest absolute Gasteiger partial charge is 0.494 e. The van der Waals surface area contributed by atoms with Crippen molar-refractivity contribution in [2.75, 3.05) is 13.7 Å². The summed E-state index contributed by atoms with van der Waals surface area (Å²) in [6.07, 6.45) is 4.57. The topological polar surface area (TPSA) is 38.3 Å².